The van der Waals surface area contributed by atoms with Gasteiger partial charge in [0.1, 0.15) is 5.60 Å². The SMILES string of the molecule is CCOC(=O)COc1cc(C2=CC3(CCCCC3)ON2)ccc1OC. The maximum absolute atomic E-state index is 11.5. The molecule has 1 N–H and O–H groups in total. The Morgan fingerprint density at radius 2 is 2.04 bits per heavy atom. The molecule has 1 aliphatic carbocycles. The summed E-state index contributed by atoms with van der Waals surface area (Å²) >= 11 is 0. The van der Waals surface area contributed by atoms with Crippen LogP contribution in [-0.4, -0.2) is 31.9 Å². The first-order valence-corrected chi connectivity index (χ1v) is 8.79. The van der Waals surface area contributed by atoms with Crippen LogP contribution in [0.3, 0.4) is 0 Å². The minimum Gasteiger partial charge on any atom is -0.493 e. The minimum atomic E-state index is -0.405. The lowest BCUT2D eigenvalue weighted by molar-refractivity contribution is -0.145. The highest BCUT2D eigenvalue weighted by atomic mass is 16.7. The largest absolute Gasteiger partial charge is 0.493 e. The smallest absolute Gasteiger partial charge is 0.344 e. The fraction of sp³-hybridized carbons (Fsp3) is 0.526. The first-order valence-electron chi connectivity index (χ1n) is 8.79. The Balaban J connectivity index is 1.77. The third-order valence-electron chi connectivity index (χ3n) is 4.60. The Kier molecular flexibility index (Phi) is 5.48. The number of carbonyl (C=O) groups is 1. The predicted molar refractivity (Wildman–Crippen MR) is 93.1 cm³/mol. The van der Waals surface area contributed by atoms with Crippen LogP contribution >= 0.6 is 0 Å². The summed E-state index contributed by atoms with van der Waals surface area (Å²) in [5.74, 6) is 0.665. The summed E-state index contributed by atoms with van der Waals surface area (Å²) in [5.41, 5.74) is 4.72. The van der Waals surface area contributed by atoms with Gasteiger partial charge in [0.2, 0.25) is 0 Å². The second-order valence-electron chi connectivity index (χ2n) is 6.35. The van der Waals surface area contributed by atoms with Crippen LogP contribution in [0.25, 0.3) is 5.70 Å². The van der Waals surface area contributed by atoms with Crippen molar-refractivity contribution in [2.24, 2.45) is 0 Å². The number of rotatable bonds is 6. The Morgan fingerprint density at radius 1 is 1.24 bits per heavy atom. The molecule has 1 aliphatic heterocycles. The number of carbonyl (C=O) groups excluding carboxylic acids is 1. The van der Waals surface area contributed by atoms with E-state index in [0.29, 0.717) is 18.1 Å². The van der Waals surface area contributed by atoms with Crippen LogP contribution in [-0.2, 0) is 14.4 Å². The second kappa shape index (κ2) is 7.78. The first kappa shape index (κ1) is 17.6. The fourth-order valence-electron chi connectivity index (χ4n) is 3.31. The van der Waals surface area contributed by atoms with Crippen molar-refractivity contribution < 1.29 is 23.8 Å². The standard InChI is InChI=1S/C19H25NO5/c1-3-23-18(21)13-24-17-11-14(7-8-16(17)22-2)15-12-19(25-20-15)9-5-4-6-10-19/h7-8,11-12,20H,3-6,9-10,13H2,1-2H3. The Hall–Kier alpha value is -2.21. The molecule has 1 heterocycles. The van der Waals surface area contributed by atoms with Gasteiger partial charge in [0.25, 0.3) is 0 Å². The van der Waals surface area contributed by atoms with Crippen molar-refractivity contribution in [1.29, 1.82) is 0 Å². The van der Waals surface area contributed by atoms with Gasteiger partial charge < -0.3 is 14.2 Å². The van der Waals surface area contributed by atoms with E-state index in [1.165, 1.54) is 19.3 Å². The highest BCUT2D eigenvalue weighted by molar-refractivity contribution is 5.72. The summed E-state index contributed by atoms with van der Waals surface area (Å²) in [6.07, 6.45) is 7.87. The van der Waals surface area contributed by atoms with Crippen molar-refractivity contribution in [3.63, 3.8) is 0 Å². The molecule has 0 atom stereocenters. The third-order valence-corrected chi connectivity index (χ3v) is 4.60. The van der Waals surface area contributed by atoms with Gasteiger partial charge in [-0.05, 0) is 44.0 Å². The zero-order valence-electron chi connectivity index (χ0n) is 14.8. The van der Waals surface area contributed by atoms with E-state index in [4.69, 9.17) is 19.0 Å². The lowest BCUT2D eigenvalue weighted by atomic mass is 9.84. The number of esters is 1. The number of hydroxylamine groups is 1. The maximum Gasteiger partial charge on any atom is 0.344 e. The van der Waals surface area contributed by atoms with Crippen LogP contribution in [0, 0.1) is 0 Å². The van der Waals surface area contributed by atoms with Gasteiger partial charge in [0.15, 0.2) is 18.1 Å². The van der Waals surface area contributed by atoms with Crippen molar-refractivity contribution in [1.82, 2.24) is 5.48 Å². The molecule has 1 aromatic rings. The molecule has 0 unspecified atom stereocenters. The van der Waals surface area contributed by atoms with E-state index in [1.54, 1.807) is 14.0 Å². The third kappa shape index (κ3) is 4.07. The van der Waals surface area contributed by atoms with E-state index in [2.05, 4.69) is 11.6 Å². The van der Waals surface area contributed by atoms with Gasteiger partial charge in [-0.3, -0.25) is 10.3 Å². The molecule has 136 valence electrons. The lowest BCUT2D eigenvalue weighted by Crippen LogP contribution is -2.31. The summed E-state index contributed by atoms with van der Waals surface area (Å²) in [5, 5.41) is 0. The number of benzene rings is 1. The van der Waals surface area contributed by atoms with Gasteiger partial charge in [-0.15, -0.1) is 0 Å². The molecule has 6 heteroatoms. The van der Waals surface area contributed by atoms with Crippen molar-refractivity contribution in [2.45, 2.75) is 44.6 Å². The summed E-state index contributed by atoms with van der Waals surface area (Å²) in [7, 11) is 1.57. The molecular weight excluding hydrogens is 322 g/mol. The predicted octanol–water partition coefficient (Wildman–Crippen LogP) is 3.22. The summed E-state index contributed by atoms with van der Waals surface area (Å²) in [6, 6.07) is 5.62. The topological polar surface area (TPSA) is 66.0 Å². The second-order valence-corrected chi connectivity index (χ2v) is 6.35. The molecule has 3 rings (SSSR count). The van der Waals surface area contributed by atoms with E-state index in [1.807, 2.05) is 18.2 Å². The van der Waals surface area contributed by atoms with Crippen LogP contribution in [0.15, 0.2) is 24.3 Å². The monoisotopic (exact) mass is 347 g/mol. The molecule has 1 fully saturated rings. The molecule has 1 spiro atoms. The molecule has 1 saturated carbocycles. The van der Waals surface area contributed by atoms with Gasteiger partial charge >= 0.3 is 5.97 Å². The van der Waals surface area contributed by atoms with E-state index >= 15 is 0 Å². The van der Waals surface area contributed by atoms with E-state index in [0.717, 1.165) is 24.1 Å². The van der Waals surface area contributed by atoms with Gasteiger partial charge in [-0.25, -0.2) is 4.79 Å². The lowest BCUT2D eigenvalue weighted by Gasteiger charge is -2.29. The average molecular weight is 347 g/mol. The molecule has 25 heavy (non-hydrogen) atoms. The molecule has 0 bridgehead atoms. The van der Waals surface area contributed by atoms with E-state index in [9.17, 15) is 4.79 Å². The number of ether oxygens (including phenoxy) is 3. The molecule has 6 nitrogen and oxygen atoms in total. The minimum absolute atomic E-state index is 0.152. The van der Waals surface area contributed by atoms with Gasteiger partial charge in [0, 0.05) is 5.56 Å². The van der Waals surface area contributed by atoms with Gasteiger partial charge in [-0.1, -0.05) is 19.3 Å². The number of hydrogen-bond acceptors (Lipinski definition) is 6. The highest BCUT2D eigenvalue weighted by Crippen LogP contribution is 2.39. The van der Waals surface area contributed by atoms with Crippen LogP contribution < -0.4 is 15.0 Å². The van der Waals surface area contributed by atoms with Crippen molar-refractivity contribution in [3.05, 3.63) is 29.8 Å². The Labute approximate surface area is 148 Å². The highest BCUT2D eigenvalue weighted by Gasteiger charge is 2.36. The van der Waals surface area contributed by atoms with E-state index < -0.39 is 5.97 Å². The van der Waals surface area contributed by atoms with E-state index in [-0.39, 0.29) is 12.2 Å². The van der Waals surface area contributed by atoms with Crippen molar-refractivity contribution in [3.8, 4) is 11.5 Å². The Morgan fingerprint density at radius 3 is 2.76 bits per heavy atom. The summed E-state index contributed by atoms with van der Waals surface area (Å²) < 4.78 is 15.8. The zero-order chi connectivity index (χ0) is 17.7. The molecule has 2 aliphatic rings. The maximum atomic E-state index is 11.5. The molecular formula is C19H25NO5. The normalized spacial score (nSPS) is 18.4. The van der Waals surface area contributed by atoms with Gasteiger partial charge in [0.05, 0.1) is 19.4 Å². The van der Waals surface area contributed by atoms with Gasteiger partial charge in [-0.2, -0.15) is 0 Å². The van der Waals surface area contributed by atoms with Crippen LogP contribution in [0.4, 0.5) is 0 Å². The summed E-state index contributed by atoms with van der Waals surface area (Å²) in [6.45, 7) is 1.94. The van der Waals surface area contributed by atoms with Crippen LogP contribution in [0.5, 0.6) is 11.5 Å². The van der Waals surface area contributed by atoms with Crippen LogP contribution in [0.2, 0.25) is 0 Å². The average Bonchev–Trinajstić information content (AvgIpc) is 3.04. The van der Waals surface area contributed by atoms with Crippen LogP contribution in [0.1, 0.15) is 44.6 Å². The fourth-order valence-corrected chi connectivity index (χ4v) is 3.31. The van der Waals surface area contributed by atoms with Crippen molar-refractivity contribution in [2.75, 3.05) is 20.3 Å². The quantitative estimate of drug-likeness (QED) is 0.797. The zero-order valence-corrected chi connectivity index (χ0v) is 14.8. The molecule has 0 radical (unpaired) electrons. The summed E-state index contributed by atoms with van der Waals surface area (Å²) in [4.78, 5) is 17.4. The number of methoxy groups -OCH3 is 1. The Bertz CT molecular complexity index is 649. The number of nitrogens with one attached hydrogen (secondary N) is 1. The molecule has 0 aromatic heterocycles. The number of hydrogen-bond donors (Lipinski definition) is 1. The molecule has 1 aromatic carbocycles. The molecule has 0 saturated heterocycles. The first-order chi connectivity index (χ1) is 12.2. The molecule has 0 amide bonds. The van der Waals surface area contributed by atoms with Crippen molar-refractivity contribution >= 4 is 11.7 Å².